The average Bonchev–Trinajstić information content (AvgIpc) is 2.71. The summed E-state index contributed by atoms with van der Waals surface area (Å²) >= 11 is 0. The molecule has 0 aromatic carbocycles. The number of primary amides is 1. The predicted molar refractivity (Wildman–Crippen MR) is 52.6 cm³/mol. The molecule has 3 N–H and O–H groups in total. The lowest BCUT2D eigenvalue weighted by molar-refractivity contribution is -0.119. The number of carbonyl (C=O) groups excluding carboxylic acids is 1. The maximum atomic E-state index is 11.0. The molecule has 1 aliphatic carbocycles. The Morgan fingerprint density at radius 3 is 3.00 bits per heavy atom. The molecule has 15 heavy (non-hydrogen) atoms. The van der Waals surface area contributed by atoms with Gasteiger partial charge in [0.1, 0.15) is 0 Å². The van der Waals surface area contributed by atoms with Gasteiger partial charge in [0.15, 0.2) is 5.82 Å². The van der Waals surface area contributed by atoms with Crippen molar-refractivity contribution in [3.63, 3.8) is 0 Å². The number of carbonyl (C=O) groups is 1. The van der Waals surface area contributed by atoms with Crippen LogP contribution in [0.1, 0.15) is 18.7 Å². The fraction of sp³-hybridized carbons (Fsp3) is 0.333. The molecule has 2 rings (SSSR count). The molecule has 0 fully saturated rings. The number of amides is 1. The van der Waals surface area contributed by atoms with Crippen molar-refractivity contribution in [2.75, 3.05) is 0 Å². The molecule has 1 aromatic rings. The van der Waals surface area contributed by atoms with Crippen molar-refractivity contribution in [3.05, 3.63) is 30.1 Å². The lowest BCUT2D eigenvalue weighted by Gasteiger charge is -2.25. The van der Waals surface area contributed by atoms with E-state index in [9.17, 15) is 4.79 Å². The largest absolute Gasteiger partial charge is 0.370 e. The molecule has 0 spiro atoms. The first-order chi connectivity index (χ1) is 7.23. The third-order valence-electron chi connectivity index (χ3n) is 2.42. The highest BCUT2D eigenvalue weighted by Crippen LogP contribution is 2.32. The van der Waals surface area contributed by atoms with E-state index in [2.05, 4.69) is 20.6 Å². The molecule has 6 heteroatoms. The van der Waals surface area contributed by atoms with Crippen molar-refractivity contribution in [2.45, 2.75) is 18.3 Å². The number of aromatic amines is 1. The zero-order chi connectivity index (χ0) is 10.7. The van der Waals surface area contributed by atoms with E-state index >= 15 is 0 Å². The SMILES string of the molecule is NC(=O)CC1(c2nn[nH]n2)C=CC=CC1. The van der Waals surface area contributed by atoms with Crippen LogP contribution in [0.4, 0.5) is 0 Å². The van der Waals surface area contributed by atoms with Crippen LogP contribution in [0.2, 0.25) is 0 Å². The summed E-state index contributed by atoms with van der Waals surface area (Å²) in [5, 5.41) is 13.7. The Morgan fingerprint density at radius 1 is 1.60 bits per heavy atom. The molecule has 1 heterocycles. The topological polar surface area (TPSA) is 97.5 Å². The number of nitrogens with two attached hydrogens (primary N) is 1. The van der Waals surface area contributed by atoms with Crippen molar-refractivity contribution in [3.8, 4) is 0 Å². The quantitative estimate of drug-likeness (QED) is 0.715. The number of nitrogens with one attached hydrogen (secondary N) is 1. The molecule has 1 unspecified atom stereocenters. The second kappa shape index (κ2) is 3.64. The van der Waals surface area contributed by atoms with Crippen LogP contribution in [0.25, 0.3) is 0 Å². The number of aromatic nitrogens is 4. The molecule has 1 aromatic heterocycles. The molecule has 0 radical (unpaired) electrons. The van der Waals surface area contributed by atoms with E-state index in [1.807, 2.05) is 24.3 Å². The Morgan fingerprint density at radius 2 is 2.47 bits per heavy atom. The highest BCUT2D eigenvalue weighted by molar-refractivity contribution is 5.76. The van der Waals surface area contributed by atoms with Gasteiger partial charge >= 0.3 is 0 Å². The monoisotopic (exact) mass is 205 g/mol. The third kappa shape index (κ3) is 1.78. The van der Waals surface area contributed by atoms with E-state index in [0.717, 1.165) is 0 Å². The number of nitrogens with zero attached hydrogens (tertiary/aromatic N) is 3. The van der Waals surface area contributed by atoms with Gasteiger partial charge in [-0.25, -0.2) is 0 Å². The van der Waals surface area contributed by atoms with Gasteiger partial charge in [0, 0.05) is 6.42 Å². The summed E-state index contributed by atoms with van der Waals surface area (Å²) in [5.41, 5.74) is 4.70. The Kier molecular flexibility index (Phi) is 2.32. The van der Waals surface area contributed by atoms with Gasteiger partial charge < -0.3 is 5.73 Å². The van der Waals surface area contributed by atoms with Crippen molar-refractivity contribution in [1.29, 1.82) is 0 Å². The second-order valence-electron chi connectivity index (χ2n) is 3.53. The van der Waals surface area contributed by atoms with Crippen LogP contribution in [-0.4, -0.2) is 26.5 Å². The number of allylic oxidation sites excluding steroid dienone is 4. The first-order valence-electron chi connectivity index (χ1n) is 4.59. The maximum Gasteiger partial charge on any atom is 0.218 e. The zero-order valence-electron chi connectivity index (χ0n) is 8.05. The van der Waals surface area contributed by atoms with Crippen molar-refractivity contribution >= 4 is 5.91 Å². The maximum absolute atomic E-state index is 11.0. The fourth-order valence-corrected chi connectivity index (χ4v) is 1.72. The third-order valence-corrected chi connectivity index (χ3v) is 2.42. The highest BCUT2D eigenvalue weighted by Gasteiger charge is 2.35. The van der Waals surface area contributed by atoms with Gasteiger partial charge in [0.2, 0.25) is 5.91 Å². The van der Waals surface area contributed by atoms with Crippen LogP contribution in [0, 0.1) is 0 Å². The summed E-state index contributed by atoms with van der Waals surface area (Å²) < 4.78 is 0. The van der Waals surface area contributed by atoms with Crippen LogP contribution < -0.4 is 5.73 Å². The van der Waals surface area contributed by atoms with Gasteiger partial charge in [0.05, 0.1) is 5.41 Å². The number of hydrogen-bond donors (Lipinski definition) is 2. The highest BCUT2D eigenvalue weighted by atomic mass is 16.1. The summed E-state index contributed by atoms with van der Waals surface area (Å²) in [4.78, 5) is 11.0. The van der Waals surface area contributed by atoms with Crippen molar-refractivity contribution in [2.24, 2.45) is 5.73 Å². The average molecular weight is 205 g/mol. The summed E-state index contributed by atoms with van der Waals surface area (Å²) in [6.45, 7) is 0. The summed E-state index contributed by atoms with van der Waals surface area (Å²) in [6.07, 6.45) is 8.48. The Bertz CT molecular complexity index is 408. The summed E-state index contributed by atoms with van der Waals surface area (Å²) in [7, 11) is 0. The van der Waals surface area contributed by atoms with Crippen LogP contribution in [0.3, 0.4) is 0 Å². The van der Waals surface area contributed by atoms with E-state index in [-0.39, 0.29) is 12.3 Å². The molecular formula is C9H11N5O. The summed E-state index contributed by atoms with van der Waals surface area (Å²) in [6, 6.07) is 0. The van der Waals surface area contributed by atoms with E-state index < -0.39 is 5.41 Å². The van der Waals surface area contributed by atoms with Gasteiger partial charge in [-0.15, -0.1) is 10.2 Å². The fourth-order valence-electron chi connectivity index (χ4n) is 1.72. The molecule has 6 nitrogen and oxygen atoms in total. The number of rotatable bonds is 3. The van der Waals surface area contributed by atoms with E-state index in [1.165, 1.54) is 0 Å². The number of H-pyrrole nitrogens is 1. The van der Waals surface area contributed by atoms with Crippen LogP contribution in [-0.2, 0) is 10.2 Å². The van der Waals surface area contributed by atoms with E-state index in [4.69, 9.17) is 5.73 Å². The lowest BCUT2D eigenvalue weighted by atomic mass is 9.78. The van der Waals surface area contributed by atoms with E-state index in [1.54, 1.807) is 0 Å². The van der Waals surface area contributed by atoms with Gasteiger partial charge in [-0.05, 0) is 6.42 Å². The number of tetrazole rings is 1. The second-order valence-corrected chi connectivity index (χ2v) is 3.53. The standard InChI is InChI=1S/C9H11N5O/c10-7(15)6-9(4-2-1-3-5-9)8-11-13-14-12-8/h1-4H,5-6H2,(H2,10,15)(H,11,12,13,14). The molecule has 0 saturated carbocycles. The molecule has 0 aliphatic heterocycles. The Balaban J connectivity index is 2.35. The minimum atomic E-state index is -0.534. The molecule has 1 aliphatic rings. The van der Waals surface area contributed by atoms with Crippen LogP contribution in [0.5, 0.6) is 0 Å². The van der Waals surface area contributed by atoms with Crippen LogP contribution in [0.15, 0.2) is 24.3 Å². The molecule has 78 valence electrons. The first kappa shape index (κ1) is 9.57. The summed E-state index contributed by atoms with van der Waals surface area (Å²) in [5.74, 6) is 0.127. The molecule has 1 amide bonds. The molecule has 0 saturated heterocycles. The zero-order valence-corrected chi connectivity index (χ0v) is 8.05. The van der Waals surface area contributed by atoms with Gasteiger partial charge in [-0.2, -0.15) is 5.21 Å². The van der Waals surface area contributed by atoms with Crippen molar-refractivity contribution < 1.29 is 4.79 Å². The minimum Gasteiger partial charge on any atom is -0.370 e. The molecular weight excluding hydrogens is 194 g/mol. The number of hydrogen-bond acceptors (Lipinski definition) is 4. The van der Waals surface area contributed by atoms with Gasteiger partial charge in [-0.3, -0.25) is 4.79 Å². The van der Waals surface area contributed by atoms with Gasteiger partial charge in [-0.1, -0.05) is 29.5 Å². The Labute approximate surface area is 86.2 Å². The van der Waals surface area contributed by atoms with E-state index in [0.29, 0.717) is 12.2 Å². The van der Waals surface area contributed by atoms with Crippen LogP contribution >= 0.6 is 0 Å². The first-order valence-corrected chi connectivity index (χ1v) is 4.59. The Hall–Kier alpha value is -1.98. The van der Waals surface area contributed by atoms with Gasteiger partial charge in [0.25, 0.3) is 0 Å². The van der Waals surface area contributed by atoms with Crippen molar-refractivity contribution in [1.82, 2.24) is 20.6 Å². The molecule has 1 atom stereocenters. The molecule has 0 bridgehead atoms. The lowest BCUT2D eigenvalue weighted by Crippen LogP contribution is -2.32. The smallest absolute Gasteiger partial charge is 0.218 e. The predicted octanol–water partition coefficient (Wildman–Crippen LogP) is -0.171. The normalized spacial score (nSPS) is 24.3. The minimum absolute atomic E-state index is 0.188.